The molecule has 1 aliphatic carbocycles. The third kappa shape index (κ3) is 5.96. The maximum Gasteiger partial charge on any atom is 0.219 e. The molecular weight excluding hydrogens is 355 g/mol. The molecule has 1 aromatic rings. The summed E-state index contributed by atoms with van der Waals surface area (Å²) in [6.45, 7) is 6.02. The van der Waals surface area contributed by atoms with Crippen LogP contribution in [-0.2, 0) is 15.9 Å². The number of unbranched alkanes of at least 4 members (excludes halogenated alkanes) is 3. The minimum absolute atomic E-state index is 0.0579. The first-order valence-corrected chi connectivity index (χ1v) is 11.5. The van der Waals surface area contributed by atoms with E-state index in [4.69, 9.17) is 9.47 Å². The van der Waals surface area contributed by atoms with Gasteiger partial charge >= 0.3 is 0 Å². The van der Waals surface area contributed by atoms with Crippen LogP contribution in [0.25, 0.3) is 0 Å². The van der Waals surface area contributed by atoms with Crippen LogP contribution in [0.3, 0.4) is 0 Å². The van der Waals surface area contributed by atoms with Gasteiger partial charge in [0.25, 0.3) is 0 Å². The van der Waals surface area contributed by atoms with Crippen molar-refractivity contribution >= 4 is 0 Å². The van der Waals surface area contributed by atoms with E-state index in [2.05, 4.69) is 23.8 Å². The van der Waals surface area contributed by atoms with Gasteiger partial charge in [-0.25, -0.2) is 9.97 Å². The Morgan fingerprint density at radius 1 is 1.00 bits per heavy atom. The van der Waals surface area contributed by atoms with Crippen LogP contribution in [0, 0.1) is 17.8 Å². The molecule has 0 unspecified atom stereocenters. The highest BCUT2D eigenvalue weighted by Crippen LogP contribution is 2.38. The number of aromatic nitrogens is 2. The van der Waals surface area contributed by atoms with Crippen molar-refractivity contribution in [2.75, 3.05) is 13.2 Å². The van der Waals surface area contributed by atoms with Gasteiger partial charge in [0.15, 0.2) is 6.29 Å². The average molecular weight is 393 g/mol. The van der Waals surface area contributed by atoms with Crippen molar-refractivity contribution in [3.05, 3.63) is 23.5 Å². The summed E-state index contributed by atoms with van der Waals surface area (Å²) in [7, 11) is 0. The van der Waals surface area contributed by atoms with Crippen LogP contribution in [-0.4, -0.2) is 29.5 Å². The summed E-state index contributed by atoms with van der Waals surface area (Å²) in [6, 6.07) is 0. The van der Waals surface area contributed by atoms with Gasteiger partial charge in [0, 0.05) is 29.5 Å². The van der Waals surface area contributed by atoms with Crippen molar-refractivity contribution in [3.63, 3.8) is 0 Å². The van der Waals surface area contributed by atoms with Crippen molar-refractivity contribution < 1.29 is 13.9 Å². The summed E-state index contributed by atoms with van der Waals surface area (Å²) in [4.78, 5) is 8.68. The fourth-order valence-corrected chi connectivity index (χ4v) is 4.46. The van der Waals surface area contributed by atoms with Gasteiger partial charge in [-0.05, 0) is 44.9 Å². The maximum atomic E-state index is 14.3. The van der Waals surface area contributed by atoms with E-state index in [1.54, 1.807) is 6.20 Å². The zero-order valence-corrected chi connectivity index (χ0v) is 17.7. The van der Waals surface area contributed by atoms with Gasteiger partial charge in [-0.3, -0.25) is 0 Å². The number of halogens is 1. The van der Waals surface area contributed by atoms with Crippen LogP contribution in [0.1, 0.15) is 95.4 Å². The van der Waals surface area contributed by atoms with E-state index in [0.717, 1.165) is 58.2 Å². The van der Waals surface area contributed by atoms with Gasteiger partial charge in [-0.15, -0.1) is 0 Å². The molecule has 0 bridgehead atoms. The van der Waals surface area contributed by atoms with Crippen LogP contribution in [0.5, 0.6) is 0 Å². The van der Waals surface area contributed by atoms with Crippen LogP contribution >= 0.6 is 0 Å². The minimum Gasteiger partial charge on any atom is -0.352 e. The first kappa shape index (κ1) is 21.6. The van der Waals surface area contributed by atoms with E-state index in [9.17, 15) is 4.39 Å². The number of aryl methyl sites for hydroxylation is 1. The monoisotopic (exact) mass is 392 g/mol. The molecule has 5 heteroatoms. The molecule has 0 radical (unpaired) electrons. The summed E-state index contributed by atoms with van der Waals surface area (Å²) >= 11 is 0. The van der Waals surface area contributed by atoms with Gasteiger partial charge in [0.05, 0.1) is 13.2 Å². The number of hydrogen-bond donors (Lipinski definition) is 0. The minimum atomic E-state index is -0.325. The van der Waals surface area contributed by atoms with Gasteiger partial charge < -0.3 is 9.47 Å². The third-order valence-corrected chi connectivity index (χ3v) is 6.36. The van der Waals surface area contributed by atoms with Gasteiger partial charge in [0.1, 0.15) is 5.82 Å². The molecule has 158 valence electrons. The van der Waals surface area contributed by atoms with Crippen LogP contribution < -0.4 is 0 Å². The molecule has 4 nitrogen and oxygen atoms in total. The zero-order chi connectivity index (χ0) is 19.8. The molecule has 0 spiro atoms. The predicted molar refractivity (Wildman–Crippen MR) is 109 cm³/mol. The Morgan fingerprint density at radius 3 is 2.36 bits per heavy atom. The molecule has 1 aliphatic heterocycles. The highest BCUT2D eigenvalue weighted by molar-refractivity contribution is 5.10. The Balaban J connectivity index is 1.43. The molecule has 0 N–H and O–H groups in total. The van der Waals surface area contributed by atoms with E-state index < -0.39 is 0 Å². The molecule has 28 heavy (non-hydrogen) atoms. The van der Waals surface area contributed by atoms with Crippen molar-refractivity contribution in [1.82, 2.24) is 9.97 Å². The average Bonchev–Trinajstić information content (AvgIpc) is 2.74. The maximum absolute atomic E-state index is 14.3. The lowest BCUT2D eigenvalue weighted by molar-refractivity contribution is -0.229. The fourth-order valence-electron chi connectivity index (χ4n) is 4.46. The first-order valence-electron chi connectivity index (χ1n) is 11.5. The van der Waals surface area contributed by atoms with E-state index >= 15 is 0 Å². The number of hydrogen-bond acceptors (Lipinski definition) is 4. The molecule has 1 saturated carbocycles. The molecule has 0 amide bonds. The highest BCUT2D eigenvalue weighted by Gasteiger charge is 2.33. The third-order valence-electron chi connectivity index (χ3n) is 6.36. The lowest BCUT2D eigenvalue weighted by Crippen LogP contribution is -2.38. The molecule has 1 aromatic heterocycles. The Morgan fingerprint density at radius 2 is 1.71 bits per heavy atom. The molecule has 1 saturated heterocycles. The molecule has 2 aliphatic rings. The Labute approximate surface area is 169 Å². The Hall–Kier alpha value is -1.07. The molecule has 0 atom stereocenters. The van der Waals surface area contributed by atoms with E-state index in [0.29, 0.717) is 23.2 Å². The topological polar surface area (TPSA) is 44.2 Å². The normalized spacial score (nSPS) is 28.4. The highest BCUT2D eigenvalue weighted by atomic mass is 19.1. The second-order valence-electron chi connectivity index (χ2n) is 8.66. The van der Waals surface area contributed by atoms with Crippen LogP contribution in [0.15, 0.2) is 6.20 Å². The molecule has 0 aromatic carbocycles. The molecule has 3 rings (SSSR count). The second-order valence-corrected chi connectivity index (χ2v) is 8.66. The molecule has 2 fully saturated rings. The summed E-state index contributed by atoms with van der Waals surface area (Å²) in [5.41, 5.74) is 0.650. The number of nitrogens with zero attached hydrogens (tertiary/aromatic N) is 2. The van der Waals surface area contributed by atoms with E-state index in [-0.39, 0.29) is 18.2 Å². The summed E-state index contributed by atoms with van der Waals surface area (Å²) in [5, 5.41) is 0. The van der Waals surface area contributed by atoms with Crippen molar-refractivity contribution in [1.29, 1.82) is 0 Å². The zero-order valence-electron chi connectivity index (χ0n) is 17.7. The molecular formula is C23H37FN2O2. The SMILES string of the molecule is CCCCCC1COC(C2CCC(c3ncc(CCCC)c(F)n3)CC2)OC1. The second kappa shape index (κ2) is 11.2. The van der Waals surface area contributed by atoms with Crippen molar-refractivity contribution in [3.8, 4) is 0 Å². The smallest absolute Gasteiger partial charge is 0.219 e. The van der Waals surface area contributed by atoms with Crippen LogP contribution in [0.4, 0.5) is 4.39 Å². The predicted octanol–water partition coefficient (Wildman–Crippen LogP) is 5.80. The van der Waals surface area contributed by atoms with Crippen molar-refractivity contribution in [2.45, 2.75) is 96.7 Å². The lowest BCUT2D eigenvalue weighted by atomic mass is 9.81. The number of ether oxygens (including phenoxy) is 2. The Bertz CT molecular complexity index is 582. The van der Waals surface area contributed by atoms with Gasteiger partial charge in [-0.2, -0.15) is 4.39 Å². The van der Waals surface area contributed by atoms with Crippen molar-refractivity contribution in [2.24, 2.45) is 11.8 Å². The fraction of sp³-hybridized carbons (Fsp3) is 0.826. The molecule has 2 heterocycles. The summed E-state index contributed by atoms with van der Waals surface area (Å²) in [5.74, 6) is 1.62. The van der Waals surface area contributed by atoms with Gasteiger partial charge in [-0.1, -0.05) is 39.5 Å². The number of rotatable bonds is 9. The van der Waals surface area contributed by atoms with E-state index in [1.807, 2.05) is 0 Å². The largest absolute Gasteiger partial charge is 0.352 e. The quantitative estimate of drug-likeness (QED) is 0.393. The Kier molecular flexibility index (Phi) is 8.66. The van der Waals surface area contributed by atoms with Gasteiger partial charge in [0.2, 0.25) is 5.95 Å². The standard InChI is InChI=1S/C23H37FN2O2/c1-3-5-7-8-17-15-27-23(28-16-17)19-12-10-18(11-13-19)22-25-14-20(9-6-4-2)21(24)26-22/h14,17-19,23H,3-13,15-16H2,1-2H3. The van der Waals surface area contributed by atoms with Crippen LogP contribution in [0.2, 0.25) is 0 Å². The summed E-state index contributed by atoms with van der Waals surface area (Å²) in [6.07, 6.45) is 13.5. The first-order chi connectivity index (χ1) is 13.7. The summed E-state index contributed by atoms with van der Waals surface area (Å²) < 4.78 is 26.4. The van der Waals surface area contributed by atoms with E-state index in [1.165, 1.54) is 25.7 Å². The lowest BCUT2D eigenvalue weighted by Gasteiger charge is -2.37.